The maximum atomic E-state index is 12.2. The summed E-state index contributed by atoms with van der Waals surface area (Å²) in [7, 11) is -3.35. The largest absolute Gasteiger partial charge is 0.396 e. The van der Waals surface area contributed by atoms with Crippen molar-refractivity contribution in [2.75, 3.05) is 45.1 Å². The van der Waals surface area contributed by atoms with Gasteiger partial charge in [-0.1, -0.05) is 13.3 Å². The molecule has 0 aromatic rings. The Hall–Kier alpha value is -0.900. The topological polar surface area (TPSA) is 112 Å². The number of aliphatic hydroxyl groups excluding tert-OH is 1. The lowest BCUT2D eigenvalue weighted by atomic mass is 10.0. The van der Waals surface area contributed by atoms with Crippen molar-refractivity contribution in [2.24, 2.45) is 10.9 Å². The number of hydrogen-bond donors (Lipinski definition) is 4. The van der Waals surface area contributed by atoms with E-state index in [0.717, 1.165) is 38.5 Å². The minimum atomic E-state index is -3.35. The predicted octanol–water partition coefficient (Wildman–Crippen LogP) is 0.829. The molecule has 8 nitrogen and oxygen atoms in total. The molecule has 160 valence electrons. The molecule has 1 saturated heterocycles. The Bertz CT molecular complexity index is 501. The molecular weight excluding hydrogens is 368 g/mol. The number of rotatable bonds is 13. The van der Waals surface area contributed by atoms with Crippen molar-refractivity contribution in [1.82, 2.24) is 15.4 Å². The van der Waals surface area contributed by atoms with Gasteiger partial charge < -0.3 is 20.5 Å². The Balaban J connectivity index is 2.39. The number of hydrogen-bond acceptors (Lipinski definition) is 5. The summed E-state index contributed by atoms with van der Waals surface area (Å²) in [6, 6.07) is 0. The average molecular weight is 407 g/mol. The van der Waals surface area contributed by atoms with Crippen molar-refractivity contribution in [1.29, 1.82) is 0 Å². The Morgan fingerprint density at radius 2 is 2.07 bits per heavy atom. The van der Waals surface area contributed by atoms with Crippen LogP contribution >= 0.6 is 0 Å². The van der Waals surface area contributed by atoms with Crippen LogP contribution in [-0.2, 0) is 14.8 Å². The van der Waals surface area contributed by atoms with Crippen molar-refractivity contribution in [3.63, 3.8) is 0 Å². The highest BCUT2D eigenvalue weighted by Crippen LogP contribution is 2.12. The number of nitrogens with zero attached hydrogens (tertiary/aromatic N) is 1. The summed E-state index contributed by atoms with van der Waals surface area (Å²) in [5, 5.41) is 15.4. The first-order chi connectivity index (χ1) is 13.0. The number of guanidine groups is 1. The third-order valence-electron chi connectivity index (χ3n) is 4.55. The maximum absolute atomic E-state index is 12.2. The second kappa shape index (κ2) is 14.1. The Labute approximate surface area is 164 Å². The van der Waals surface area contributed by atoms with E-state index in [1.165, 1.54) is 0 Å². The fourth-order valence-electron chi connectivity index (χ4n) is 3.04. The van der Waals surface area contributed by atoms with Crippen LogP contribution in [0.5, 0.6) is 0 Å². The van der Waals surface area contributed by atoms with Crippen LogP contribution in [0.25, 0.3) is 0 Å². The molecule has 0 spiro atoms. The van der Waals surface area contributed by atoms with E-state index in [1.807, 2.05) is 6.92 Å². The van der Waals surface area contributed by atoms with Crippen LogP contribution in [0.1, 0.15) is 52.4 Å². The van der Waals surface area contributed by atoms with Crippen LogP contribution in [0.15, 0.2) is 4.99 Å². The number of ether oxygens (including phenoxy) is 1. The maximum Gasteiger partial charge on any atom is 0.213 e. The molecule has 0 aromatic heterocycles. The summed E-state index contributed by atoms with van der Waals surface area (Å²) in [6.45, 7) is 6.92. The number of aliphatic hydroxyl groups is 1. The smallest absolute Gasteiger partial charge is 0.213 e. The van der Waals surface area contributed by atoms with Gasteiger partial charge >= 0.3 is 0 Å². The molecule has 1 aliphatic rings. The zero-order valence-electron chi connectivity index (χ0n) is 16.9. The van der Waals surface area contributed by atoms with Gasteiger partial charge in [0.25, 0.3) is 0 Å². The highest BCUT2D eigenvalue weighted by atomic mass is 32.2. The molecule has 0 saturated carbocycles. The second-order valence-electron chi connectivity index (χ2n) is 6.97. The van der Waals surface area contributed by atoms with Gasteiger partial charge in [0.15, 0.2) is 5.96 Å². The zero-order chi connectivity index (χ0) is 20.0. The standard InChI is InChI=1S/C18H38N4O4S/c1-3-7-16(9-11-23)14-21-18(19-4-2)20-10-13-27(24,25)22-15-17-8-5-6-12-26-17/h16-17,22-23H,3-15H2,1-2H3,(H2,19,20,21). The SMILES string of the molecule is CCCC(CCO)CN=C(NCC)NCCS(=O)(=O)NCC1CCCCO1. The van der Waals surface area contributed by atoms with Gasteiger partial charge in [0, 0.05) is 39.4 Å². The molecule has 9 heteroatoms. The summed E-state index contributed by atoms with van der Waals surface area (Å²) in [6.07, 6.45) is 5.85. The molecule has 2 unspecified atom stereocenters. The lowest BCUT2D eigenvalue weighted by molar-refractivity contribution is 0.0200. The molecule has 0 aliphatic carbocycles. The first-order valence-corrected chi connectivity index (χ1v) is 11.9. The number of aliphatic imine (C=N–C) groups is 1. The van der Waals surface area contributed by atoms with Gasteiger partial charge in [-0.05, 0) is 44.9 Å². The van der Waals surface area contributed by atoms with E-state index in [1.54, 1.807) is 0 Å². The van der Waals surface area contributed by atoms with E-state index in [-0.39, 0.29) is 25.0 Å². The number of sulfonamides is 1. The molecule has 0 radical (unpaired) electrons. The molecule has 0 amide bonds. The van der Waals surface area contributed by atoms with Crippen LogP contribution < -0.4 is 15.4 Å². The van der Waals surface area contributed by atoms with Crippen LogP contribution in [0.4, 0.5) is 0 Å². The van der Waals surface area contributed by atoms with Crippen molar-refractivity contribution in [3.8, 4) is 0 Å². The molecular formula is C18H38N4O4S. The van der Waals surface area contributed by atoms with E-state index in [2.05, 4.69) is 27.3 Å². The number of nitrogens with one attached hydrogen (secondary N) is 3. The van der Waals surface area contributed by atoms with Gasteiger partial charge in [-0.2, -0.15) is 0 Å². The summed E-state index contributed by atoms with van der Waals surface area (Å²) < 4.78 is 32.5. The van der Waals surface area contributed by atoms with Crippen molar-refractivity contribution >= 4 is 16.0 Å². The Kier molecular flexibility index (Phi) is 12.6. The quantitative estimate of drug-likeness (QED) is 0.266. The average Bonchev–Trinajstić information content (AvgIpc) is 2.65. The van der Waals surface area contributed by atoms with Gasteiger partial charge in [-0.25, -0.2) is 13.1 Å². The first kappa shape index (κ1) is 24.1. The highest BCUT2D eigenvalue weighted by molar-refractivity contribution is 7.89. The van der Waals surface area contributed by atoms with Gasteiger partial charge in [0.05, 0.1) is 11.9 Å². The van der Waals surface area contributed by atoms with E-state index in [9.17, 15) is 8.42 Å². The fourth-order valence-corrected chi connectivity index (χ4v) is 4.00. The normalized spacial score (nSPS) is 19.7. The minimum absolute atomic E-state index is 0.0117. The molecule has 2 atom stereocenters. The summed E-state index contributed by atoms with van der Waals surface area (Å²) >= 11 is 0. The molecule has 4 N–H and O–H groups in total. The van der Waals surface area contributed by atoms with Crippen molar-refractivity contribution in [2.45, 2.75) is 58.5 Å². The van der Waals surface area contributed by atoms with Crippen LogP contribution in [0.2, 0.25) is 0 Å². The van der Waals surface area contributed by atoms with Gasteiger partial charge in [-0.15, -0.1) is 0 Å². The molecule has 1 rings (SSSR count). The van der Waals surface area contributed by atoms with E-state index < -0.39 is 10.0 Å². The predicted molar refractivity (Wildman–Crippen MR) is 109 cm³/mol. The third kappa shape index (κ3) is 11.5. The monoisotopic (exact) mass is 406 g/mol. The van der Waals surface area contributed by atoms with Gasteiger partial charge in [0.2, 0.25) is 10.0 Å². The van der Waals surface area contributed by atoms with Gasteiger partial charge in [0.1, 0.15) is 0 Å². The van der Waals surface area contributed by atoms with Crippen LogP contribution in [-0.4, -0.2) is 70.7 Å². The molecule has 0 bridgehead atoms. The van der Waals surface area contributed by atoms with E-state index >= 15 is 0 Å². The molecule has 1 fully saturated rings. The van der Waals surface area contributed by atoms with E-state index in [0.29, 0.717) is 38.1 Å². The lowest BCUT2D eigenvalue weighted by Crippen LogP contribution is -2.42. The van der Waals surface area contributed by atoms with Crippen LogP contribution in [0.3, 0.4) is 0 Å². The zero-order valence-corrected chi connectivity index (χ0v) is 17.7. The van der Waals surface area contributed by atoms with Crippen LogP contribution in [0, 0.1) is 5.92 Å². The first-order valence-electron chi connectivity index (χ1n) is 10.2. The molecule has 1 aliphatic heterocycles. The van der Waals surface area contributed by atoms with E-state index in [4.69, 9.17) is 9.84 Å². The Morgan fingerprint density at radius 1 is 1.26 bits per heavy atom. The molecule has 0 aromatic carbocycles. The summed E-state index contributed by atoms with van der Waals surface area (Å²) in [4.78, 5) is 4.54. The fraction of sp³-hybridized carbons (Fsp3) is 0.944. The third-order valence-corrected chi connectivity index (χ3v) is 5.90. The van der Waals surface area contributed by atoms with Crippen molar-refractivity contribution < 1.29 is 18.3 Å². The second-order valence-corrected chi connectivity index (χ2v) is 8.90. The molecule has 1 heterocycles. The highest BCUT2D eigenvalue weighted by Gasteiger charge is 2.17. The molecule has 27 heavy (non-hydrogen) atoms. The lowest BCUT2D eigenvalue weighted by Gasteiger charge is -2.22. The van der Waals surface area contributed by atoms with Crippen molar-refractivity contribution in [3.05, 3.63) is 0 Å². The minimum Gasteiger partial charge on any atom is -0.396 e. The van der Waals surface area contributed by atoms with Gasteiger partial charge in [-0.3, -0.25) is 4.99 Å². The Morgan fingerprint density at radius 3 is 2.70 bits per heavy atom. The summed E-state index contributed by atoms with van der Waals surface area (Å²) in [5.41, 5.74) is 0. The summed E-state index contributed by atoms with van der Waals surface area (Å²) in [5.74, 6) is 0.942.